The second-order valence-electron chi connectivity index (χ2n) is 4.12. The minimum Gasteiger partial charge on any atom is -0.545 e. The number of hydrogen-bond acceptors (Lipinski definition) is 1. The first kappa shape index (κ1) is 20.7. The third-order valence-corrected chi connectivity index (χ3v) is 2.57. The first-order valence-corrected chi connectivity index (χ1v) is 6.62. The van der Waals surface area contributed by atoms with Gasteiger partial charge in [-0.1, -0.05) is 39.5 Å². The molecule has 0 aromatic heterocycles. The monoisotopic (exact) mass is 424 g/mol. The van der Waals surface area contributed by atoms with Crippen LogP contribution >= 0.6 is 0 Å². The van der Waals surface area contributed by atoms with Crippen molar-refractivity contribution in [3.8, 4) is 0 Å². The van der Waals surface area contributed by atoms with Crippen molar-refractivity contribution in [1.82, 2.24) is 0 Å². The molecule has 0 heterocycles. The van der Waals surface area contributed by atoms with E-state index in [2.05, 4.69) is 57.1 Å². The number of carbonyl (C=O) groups excluding carboxylic acids is 1. The normalized spacial score (nSPS) is 14.4. The smallest absolute Gasteiger partial charge is 0 e. The molecule has 0 aliphatic heterocycles. The molecule has 0 aromatic rings. The third kappa shape index (κ3) is 10.9. The van der Waals surface area contributed by atoms with E-state index in [1.54, 1.807) is 0 Å². The third-order valence-electron chi connectivity index (χ3n) is 2.57. The molecule has 0 saturated carbocycles. The molecule has 0 aromatic carbocycles. The molecule has 0 unspecified atom stereocenters. The van der Waals surface area contributed by atoms with Crippen molar-refractivity contribution < 1.29 is 27.2 Å². The van der Waals surface area contributed by atoms with Crippen molar-refractivity contribution >= 4 is 6.79 Å². The molecule has 0 amide bonds. The summed E-state index contributed by atoms with van der Waals surface area (Å²) >= 11 is 0. The topological polar surface area (TPSA) is 17.1 Å². The molecule has 2 rings (SSSR count). The van der Waals surface area contributed by atoms with Crippen LogP contribution in [-0.4, -0.2) is 6.79 Å². The van der Waals surface area contributed by atoms with Gasteiger partial charge in [0.2, 0.25) is 0 Å². The van der Waals surface area contributed by atoms with Crippen LogP contribution in [0.2, 0.25) is 0 Å². The van der Waals surface area contributed by atoms with Gasteiger partial charge in [-0.25, -0.2) is 23.3 Å². The molecule has 1 radical (unpaired) electrons. The van der Waals surface area contributed by atoms with Gasteiger partial charge in [0.1, 0.15) is 0 Å². The zero-order valence-corrected chi connectivity index (χ0v) is 15.2. The van der Waals surface area contributed by atoms with Crippen molar-refractivity contribution in [2.45, 2.75) is 52.4 Å². The standard InChI is InChI=1S/2C8H11.CHO.Ta/c2*1-2-5-8-6-3-4-7-8;1-2;/h2*3,6H,2,4-5H2,1H3;1H;/q3*-1;. The predicted molar refractivity (Wildman–Crippen MR) is 77.6 cm³/mol. The van der Waals surface area contributed by atoms with Gasteiger partial charge >= 0.3 is 0 Å². The molecule has 2 aliphatic carbocycles. The quantitative estimate of drug-likeness (QED) is 0.474. The zero-order valence-electron chi connectivity index (χ0n) is 12.0. The van der Waals surface area contributed by atoms with Crippen LogP contribution in [0.1, 0.15) is 52.4 Å². The van der Waals surface area contributed by atoms with Gasteiger partial charge in [-0.2, -0.15) is 12.2 Å². The Morgan fingerprint density at radius 3 is 1.53 bits per heavy atom. The fourth-order valence-electron chi connectivity index (χ4n) is 1.78. The molecule has 1 nitrogen and oxygen atoms in total. The summed E-state index contributed by atoms with van der Waals surface area (Å²) in [4.78, 5) is 7.75. The van der Waals surface area contributed by atoms with E-state index >= 15 is 0 Å². The van der Waals surface area contributed by atoms with Crippen LogP contribution in [0.5, 0.6) is 0 Å². The Morgan fingerprint density at radius 2 is 1.32 bits per heavy atom. The summed E-state index contributed by atoms with van der Waals surface area (Å²) in [6.45, 7) is 7.64. The molecule has 2 heteroatoms. The second-order valence-corrected chi connectivity index (χ2v) is 4.12. The van der Waals surface area contributed by atoms with Crippen molar-refractivity contribution in [3.05, 3.63) is 47.6 Å². The van der Waals surface area contributed by atoms with E-state index in [4.69, 9.17) is 4.79 Å². The van der Waals surface area contributed by atoms with Crippen molar-refractivity contribution in [2.24, 2.45) is 0 Å². The molecule has 0 bridgehead atoms. The van der Waals surface area contributed by atoms with Crippen LogP contribution in [0.15, 0.2) is 35.5 Å². The van der Waals surface area contributed by atoms with E-state index < -0.39 is 0 Å². The Bertz CT molecular complexity index is 292. The Labute approximate surface area is 134 Å². The first-order chi connectivity index (χ1) is 8.86. The number of allylic oxidation sites excluding steroid dienone is 8. The molecular weight excluding hydrogens is 401 g/mol. The first-order valence-electron chi connectivity index (χ1n) is 6.62. The van der Waals surface area contributed by atoms with E-state index in [0.29, 0.717) is 0 Å². The van der Waals surface area contributed by atoms with Gasteiger partial charge in [0.15, 0.2) is 0 Å². The van der Waals surface area contributed by atoms with E-state index in [-0.39, 0.29) is 22.4 Å². The van der Waals surface area contributed by atoms with Crippen LogP contribution in [0.25, 0.3) is 0 Å². The van der Waals surface area contributed by atoms with Gasteiger partial charge in [0.05, 0.1) is 0 Å². The minimum absolute atomic E-state index is 0. The van der Waals surface area contributed by atoms with Crippen LogP contribution < -0.4 is 0 Å². The molecular formula is C17H23OTa-3. The fraction of sp³-hybridized carbons (Fsp3) is 0.471. The van der Waals surface area contributed by atoms with E-state index in [1.165, 1.54) is 36.8 Å². The van der Waals surface area contributed by atoms with Crippen molar-refractivity contribution in [1.29, 1.82) is 0 Å². The van der Waals surface area contributed by atoms with Gasteiger partial charge in [-0.3, -0.25) is 18.9 Å². The summed E-state index contributed by atoms with van der Waals surface area (Å²) in [6, 6.07) is 0. The van der Waals surface area contributed by atoms with Crippen LogP contribution in [0, 0.1) is 12.2 Å². The summed E-state index contributed by atoms with van der Waals surface area (Å²) in [5, 5.41) is 0. The summed E-state index contributed by atoms with van der Waals surface area (Å²) in [6.07, 6.45) is 22.2. The number of hydrogen-bond donors (Lipinski definition) is 0. The molecule has 2 aliphatic rings. The van der Waals surface area contributed by atoms with Gasteiger partial charge in [0, 0.05) is 22.4 Å². The Balaban J connectivity index is 0. The molecule has 0 N–H and O–H groups in total. The summed E-state index contributed by atoms with van der Waals surface area (Å²) in [7, 11) is 0. The molecule has 0 atom stereocenters. The van der Waals surface area contributed by atoms with Crippen molar-refractivity contribution in [2.75, 3.05) is 0 Å². The van der Waals surface area contributed by atoms with Crippen LogP contribution in [0.4, 0.5) is 0 Å². The average Bonchev–Trinajstić information content (AvgIpc) is 3.07. The maximum atomic E-state index is 7.75. The molecule has 105 valence electrons. The van der Waals surface area contributed by atoms with Crippen LogP contribution in [-0.2, 0) is 27.2 Å². The van der Waals surface area contributed by atoms with Gasteiger partial charge < -0.3 is 4.79 Å². The zero-order chi connectivity index (χ0) is 13.6. The Hall–Kier alpha value is -0.630. The van der Waals surface area contributed by atoms with Gasteiger partial charge in [-0.15, -0.1) is 12.8 Å². The summed E-state index contributed by atoms with van der Waals surface area (Å²) in [5.74, 6) is 0. The average molecular weight is 424 g/mol. The predicted octanol–water partition coefficient (Wildman–Crippen LogP) is 4.68. The second kappa shape index (κ2) is 15.4. The molecule has 19 heavy (non-hydrogen) atoms. The van der Waals surface area contributed by atoms with E-state index in [1.807, 2.05) is 0 Å². The molecule has 0 fully saturated rings. The molecule has 0 saturated heterocycles. The fourth-order valence-corrected chi connectivity index (χ4v) is 1.78. The maximum Gasteiger partial charge on any atom is 0 e. The summed E-state index contributed by atoms with van der Waals surface area (Å²) in [5.41, 5.74) is 2.79. The van der Waals surface area contributed by atoms with E-state index in [9.17, 15) is 0 Å². The van der Waals surface area contributed by atoms with E-state index in [0.717, 1.165) is 12.8 Å². The van der Waals surface area contributed by atoms with Gasteiger partial charge in [0.25, 0.3) is 0 Å². The SMILES string of the molecule is CCCC1=[C-]CC=C1.CCCC1=[C-]CC=C1.[CH-]=O.[Ta]. The van der Waals surface area contributed by atoms with Gasteiger partial charge in [-0.05, 0) is 0 Å². The van der Waals surface area contributed by atoms with Crippen LogP contribution in [0.3, 0.4) is 0 Å². The minimum atomic E-state index is 0. The Kier molecular flexibility index (Phi) is 16.8. The largest absolute Gasteiger partial charge is 0.545 e. The maximum absolute atomic E-state index is 7.75. The number of rotatable bonds is 4. The molecule has 0 spiro atoms. The Morgan fingerprint density at radius 1 is 0.947 bits per heavy atom. The van der Waals surface area contributed by atoms with Crippen molar-refractivity contribution in [3.63, 3.8) is 0 Å². The summed E-state index contributed by atoms with van der Waals surface area (Å²) < 4.78 is 0.